The fraction of sp³-hybridized carbons (Fsp3) is 0.316. The average molecular weight is 358 g/mol. The van der Waals surface area contributed by atoms with Crippen molar-refractivity contribution < 1.29 is 13.2 Å². The summed E-state index contributed by atoms with van der Waals surface area (Å²) in [5.41, 5.74) is 2.95. The highest BCUT2D eigenvalue weighted by molar-refractivity contribution is 7.91. The first-order valence-electron chi connectivity index (χ1n) is 8.29. The number of sulfone groups is 1. The lowest BCUT2D eigenvalue weighted by molar-refractivity contribution is -0.117. The third-order valence-electron chi connectivity index (χ3n) is 4.50. The fourth-order valence-corrected chi connectivity index (χ4v) is 4.86. The van der Waals surface area contributed by atoms with E-state index in [4.69, 9.17) is 0 Å². The predicted molar refractivity (Wildman–Crippen MR) is 100 cm³/mol. The monoisotopic (exact) mass is 358 g/mol. The van der Waals surface area contributed by atoms with Crippen LogP contribution in [0.4, 0.5) is 5.69 Å². The van der Waals surface area contributed by atoms with Gasteiger partial charge in [0, 0.05) is 11.7 Å². The first kappa shape index (κ1) is 17.6. The molecule has 1 fully saturated rings. The lowest BCUT2D eigenvalue weighted by atomic mass is 10.1. The Hall–Kier alpha value is -2.18. The summed E-state index contributed by atoms with van der Waals surface area (Å²) in [6, 6.07) is 17.7. The van der Waals surface area contributed by atoms with E-state index in [0.29, 0.717) is 6.42 Å². The largest absolute Gasteiger partial charge is 0.325 e. The van der Waals surface area contributed by atoms with Gasteiger partial charge in [-0.15, -0.1) is 0 Å². The topological polar surface area (TPSA) is 66.5 Å². The molecular weight excluding hydrogens is 336 g/mol. The molecule has 1 amide bonds. The highest BCUT2D eigenvalue weighted by Gasteiger charge is 2.31. The molecule has 0 aliphatic carbocycles. The number of rotatable bonds is 5. The number of carbonyl (C=O) groups excluding carboxylic acids is 1. The van der Waals surface area contributed by atoms with Crippen molar-refractivity contribution in [3.05, 3.63) is 54.6 Å². The van der Waals surface area contributed by atoms with Gasteiger partial charge in [-0.1, -0.05) is 42.5 Å². The van der Waals surface area contributed by atoms with Crippen molar-refractivity contribution in [3.8, 4) is 11.1 Å². The maximum absolute atomic E-state index is 12.2. The Morgan fingerprint density at radius 2 is 1.72 bits per heavy atom. The molecule has 2 aromatic carbocycles. The van der Waals surface area contributed by atoms with Crippen molar-refractivity contribution in [2.24, 2.45) is 0 Å². The van der Waals surface area contributed by atoms with E-state index in [1.165, 1.54) is 0 Å². The molecule has 132 valence electrons. The molecule has 1 unspecified atom stereocenters. The van der Waals surface area contributed by atoms with Crippen LogP contribution in [0.3, 0.4) is 0 Å². The highest BCUT2D eigenvalue weighted by atomic mass is 32.2. The smallest absolute Gasteiger partial charge is 0.238 e. The quantitative estimate of drug-likeness (QED) is 0.891. The van der Waals surface area contributed by atoms with Gasteiger partial charge in [0.15, 0.2) is 9.84 Å². The summed E-state index contributed by atoms with van der Waals surface area (Å²) in [4.78, 5) is 14.0. The molecule has 0 bridgehead atoms. The number of benzene rings is 2. The zero-order chi connectivity index (χ0) is 17.9. The van der Waals surface area contributed by atoms with Gasteiger partial charge in [0.1, 0.15) is 0 Å². The molecule has 3 rings (SSSR count). The molecule has 5 nitrogen and oxygen atoms in total. The lowest BCUT2D eigenvalue weighted by Gasteiger charge is -2.22. The second-order valence-corrected chi connectivity index (χ2v) is 8.69. The first-order chi connectivity index (χ1) is 11.9. The Balaban J connectivity index is 1.56. The van der Waals surface area contributed by atoms with Gasteiger partial charge in [0.2, 0.25) is 5.91 Å². The molecular formula is C19H22N2O3S. The Morgan fingerprint density at radius 1 is 1.08 bits per heavy atom. The minimum atomic E-state index is -2.94. The number of likely N-dealkylation sites (N-methyl/N-ethyl adjacent to an activating group) is 1. The van der Waals surface area contributed by atoms with Crippen LogP contribution in [0.2, 0.25) is 0 Å². The van der Waals surface area contributed by atoms with E-state index >= 15 is 0 Å². The zero-order valence-electron chi connectivity index (χ0n) is 14.2. The first-order valence-corrected chi connectivity index (χ1v) is 10.1. The SMILES string of the molecule is CN(CC(=O)Nc1ccc(-c2ccccc2)cc1)C1CCS(=O)(=O)C1. The molecule has 1 atom stereocenters. The summed E-state index contributed by atoms with van der Waals surface area (Å²) < 4.78 is 23.1. The molecule has 1 saturated heterocycles. The summed E-state index contributed by atoms with van der Waals surface area (Å²) in [5, 5.41) is 2.87. The number of hydrogen-bond acceptors (Lipinski definition) is 4. The normalized spacial score (nSPS) is 19.0. The van der Waals surface area contributed by atoms with Crippen LogP contribution in [0.25, 0.3) is 11.1 Å². The van der Waals surface area contributed by atoms with E-state index in [-0.39, 0.29) is 30.0 Å². The molecule has 0 spiro atoms. The molecule has 0 radical (unpaired) electrons. The minimum absolute atomic E-state index is 0.0730. The van der Waals surface area contributed by atoms with Crippen molar-refractivity contribution in [3.63, 3.8) is 0 Å². The Morgan fingerprint density at radius 3 is 2.32 bits per heavy atom. The minimum Gasteiger partial charge on any atom is -0.325 e. The van der Waals surface area contributed by atoms with Crippen molar-refractivity contribution in [2.45, 2.75) is 12.5 Å². The predicted octanol–water partition coefficient (Wildman–Crippen LogP) is 2.41. The molecule has 6 heteroatoms. The summed E-state index contributed by atoms with van der Waals surface area (Å²) >= 11 is 0. The number of hydrogen-bond donors (Lipinski definition) is 1. The van der Waals surface area contributed by atoms with E-state index in [0.717, 1.165) is 16.8 Å². The second-order valence-electron chi connectivity index (χ2n) is 6.46. The average Bonchev–Trinajstić information content (AvgIpc) is 2.96. The summed E-state index contributed by atoms with van der Waals surface area (Å²) in [5.74, 6) is 0.215. The molecule has 0 aromatic heterocycles. The van der Waals surface area contributed by atoms with Gasteiger partial charge in [-0.25, -0.2) is 8.42 Å². The molecule has 1 aliphatic heterocycles. The molecule has 2 aromatic rings. The molecule has 1 N–H and O–H groups in total. The zero-order valence-corrected chi connectivity index (χ0v) is 15.0. The second kappa shape index (κ2) is 7.37. The van der Waals surface area contributed by atoms with Crippen LogP contribution in [0, 0.1) is 0 Å². The van der Waals surface area contributed by atoms with Gasteiger partial charge in [-0.3, -0.25) is 9.69 Å². The lowest BCUT2D eigenvalue weighted by Crippen LogP contribution is -2.38. The van der Waals surface area contributed by atoms with Crippen LogP contribution in [0.5, 0.6) is 0 Å². The molecule has 1 aliphatic rings. The van der Waals surface area contributed by atoms with Crippen LogP contribution in [0.1, 0.15) is 6.42 Å². The van der Waals surface area contributed by atoms with Gasteiger partial charge >= 0.3 is 0 Å². The number of nitrogens with one attached hydrogen (secondary N) is 1. The van der Waals surface area contributed by atoms with Crippen molar-refractivity contribution in [2.75, 3.05) is 30.4 Å². The van der Waals surface area contributed by atoms with Crippen LogP contribution in [-0.2, 0) is 14.6 Å². The van der Waals surface area contributed by atoms with E-state index in [1.807, 2.05) is 59.5 Å². The third-order valence-corrected chi connectivity index (χ3v) is 6.25. The van der Waals surface area contributed by atoms with E-state index in [9.17, 15) is 13.2 Å². The van der Waals surface area contributed by atoms with Crippen LogP contribution in [0.15, 0.2) is 54.6 Å². The Labute approximate surface area is 148 Å². The molecule has 0 saturated carbocycles. The fourth-order valence-electron chi connectivity index (χ4n) is 3.06. The molecule has 25 heavy (non-hydrogen) atoms. The number of carbonyl (C=O) groups is 1. The van der Waals surface area contributed by atoms with Gasteiger partial charge in [-0.05, 0) is 36.7 Å². The number of anilines is 1. The van der Waals surface area contributed by atoms with Crippen molar-refractivity contribution in [1.82, 2.24) is 4.90 Å². The van der Waals surface area contributed by atoms with E-state index < -0.39 is 9.84 Å². The van der Waals surface area contributed by atoms with Crippen molar-refractivity contribution >= 4 is 21.4 Å². The van der Waals surface area contributed by atoms with Crippen LogP contribution in [-0.4, -0.2) is 50.4 Å². The summed E-state index contributed by atoms with van der Waals surface area (Å²) in [6.07, 6.45) is 0.595. The van der Waals surface area contributed by atoms with E-state index in [1.54, 1.807) is 7.05 Å². The Kier molecular flexibility index (Phi) is 5.20. The van der Waals surface area contributed by atoms with Crippen molar-refractivity contribution in [1.29, 1.82) is 0 Å². The maximum atomic E-state index is 12.2. The Bertz CT molecular complexity index is 833. The number of amides is 1. The van der Waals surface area contributed by atoms with Gasteiger partial charge in [-0.2, -0.15) is 0 Å². The standard InChI is InChI=1S/C19H22N2O3S/c1-21(18-11-12-25(23,24)14-18)13-19(22)20-17-9-7-16(8-10-17)15-5-3-2-4-6-15/h2-10,18H,11-14H2,1H3,(H,20,22). The summed E-state index contributed by atoms with van der Waals surface area (Å²) in [6.45, 7) is 0.181. The molecule has 1 heterocycles. The highest BCUT2D eigenvalue weighted by Crippen LogP contribution is 2.21. The summed E-state index contributed by atoms with van der Waals surface area (Å²) in [7, 11) is -1.14. The van der Waals surface area contributed by atoms with Gasteiger partial charge < -0.3 is 5.32 Å². The van der Waals surface area contributed by atoms with Gasteiger partial charge in [0.25, 0.3) is 0 Å². The van der Waals surface area contributed by atoms with Gasteiger partial charge in [0.05, 0.1) is 18.1 Å². The number of nitrogens with zero attached hydrogens (tertiary/aromatic N) is 1. The maximum Gasteiger partial charge on any atom is 0.238 e. The van der Waals surface area contributed by atoms with Crippen LogP contribution >= 0.6 is 0 Å². The third kappa shape index (κ3) is 4.67. The van der Waals surface area contributed by atoms with Crippen LogP contribution < -0.4 is 5.32 Å². The van der Waals surface area contributed by atoms with E-state index in [2.05, 4.69) is 5.32 Å².